The molecule has 0 saturated carbocycles. The minimum Gasteiger partial charge on any atom is -0.454 e. The van der Waals surface area contributed by atoms with Crippen LogP contribution in [0.5, 0.6) is 0 Å². The normalized spacial score (nSPS) is 16.8. The van der Waals surface area contributed by atoms with Crippen molar-refractivity contribution in [3.63, 3.8) is 0 Å². The van der Waals surface area contributed by atoms with Gasteiger partial charge < -0.3 is 9.47 Å². The van der Waals surface area contributed by atoms with E-state index in [0.717, 1.165) is 11.1 Å². The van der Waals surface area contributed by atoms with Gasteiger partial charge in [-0.25, -0.2) is 0 Å². The molecule has 0 aliphatic carbocycles. The molecule has 0 N–H and O–H groups in total. The average molecular weight is 283 g/mol. The van der Waals surface area contributed by atoms with E-state index in [1.165, 1.54) is 12.3 Å². The third-order valence-electron chi connectivity index (χ3n) is 3.26. The summed E-state index contributed by atoms with van der Waals surface area (Å²) in [5.41, 5.74) is 2.41. The molecule has 1 heterocycles. The first kappa shape index (κ1) is 13.2. The van der Waals surface area contributed by atoms with E-state index < -0.39 is 11.2 Å². The zero-order valence-electron chi connectivity index (χ0n) is 11.4. The van der Waals surface area contributed by atoms with Gasteiger partial charge in [0.05, 0.1) is 4.92 Å². The summed E-state index contributed by atoms with van der Waals surface area (Å²) in [4.78, 5) is 10.6. The van der Waals surface area contributed by atoms with E-state index in [1.54, 1.807) is 18.2 Å². The number of para-hydroxylation sites is 1. The summed E-state index contributed by atoms with van der Waals surface area (Å²) in [5, 5.41) is 11.0. The lowest BCUT2D eigenvalue weighted by Gasteiger charge is -2.12. The molecule has 1 atom stereocenters. The molecular formula is C16H13NO4. The van der Waals surface area contributed by atoms with Crippen LogP contribution in [0.25, 0.3) is 5.76 Å². The molecule has 0 spiro atoms. The van der Waals surface area contributed by atoms with Gasteiger partial charge in [0.1, 0.15) is 11.8 Å². The summed E-state index contributed by atoms with van der Waals surface area (Å²) in [6.45, 7) is 2.00. The molecule has 106 valence electrons. The predicted molar refractivity (Wildman–Crippen MR) is 77.2 cm³/mol. The van der Waals surface area contributed by atoms with Crippen LogP contribution >= 0.6 is 0 Å². The molecule has 0 aromatic heterocycles. The zero-order valence-corrected chi connectivity index (χ0v) is 11.4. The Hall–Kier alpha value is -2.82. The molecule has 21 heavy (non-hydrogen) atoms. The molecule has 2 aromatic carbocycles. The van der Waals surface area contributed by atoms with Crippen molar-refractivity contribution in [3.05, 3.63) is 81.6 Å². The van der Waals surface area contributed by atoms with Gasteiger partial charge in [-0.05, 0) is 13.0 Å². The fourth-order valence-electron chi connectivity index (χ4n) is 2.14. The summed E-state index contributed by atoms with van der Waals surface area (Å²) >= 11 is 0. The molecule has 0 amide bonds. The lowest BCUT2D eigenvalue weighted by molar-refractivity contribution is -0.386. The summed E-state index contributed by atoms with van der Waals surface area (Å²) in [7, 11) is 0. The van der Waals surface area contributed by atoms with Crippen molar-refractivity contribution in [1.29, 1.82) is 0 Å². The molecule has 5 nitrogen and oxygen atoms in total. The van der Waals surface area contributed by atoms with E-state index in [1.807, 2.05) is 31.2 Å². The maximum atomic E-state index is 11.0. The van der Waals surface area contributed by atoms with E-state index in [4.69, 9.17) is 9.47 Å². The van der Waals surface area contributed by atoms with Crippen LogP contribution in [-0.2, 0) is 9.47 Å². The molecule has 1 aliphatic heterocycles. The topological polar surface area (TPSA) is 61.6 Å². The van der Waals surface area contributed by atoms with Gasteiger partial charge in [0, 0.05) is 11.6 Å². The number of benzene rings is 2. The van der Waals surface area contributed by atoms with Gasteiger partial charge >= 0.3 is 0 Å². The molecule has 0 radical (unpaired) electrons. The second kappa shape index (κ2) is 5.28. The lowest BCUT2D eigenvalue weighted by atomic mass is 10.1. The first-order chi connectivity index (χ1) is 10.1. The number of nitro groups is 1. The van der Waals surface area contributed by atoms with Crippen LogP contribution in [0.3, 0.4) is 0 Å². The SMILES string of the molecule is Cc1ccc(C2=COC(c3ccccc3[N+](=O)[O-])O2)cc1. The standard InChI is InChI=1S/C16H13NO4/c1-11-6-8-12(9-7-11)15-10-20-16(21-15)13-4-2-3-5-14(13)17(18)19/h2-10,16H,1H3. The number of nitrogens with zero attached hydrogens (tertiary/aromatic N) is 1. The van der Waals surface area contributed by atoms with Crippen molar-refractivity contribution in [2.75, 3.05) is 0 Å². The van der Waals surface area contributed by atoms with Crippen molar-refractivity contribution in [2.24, 2.45) is 0 Å². The Kier molecular flexibility index (Phi) is 3.31. The van der Waals surface area contributed by atoms with Gasteiger partial charge in [-0.15, -0.1) is 0 Å². The van der Waals surface area contributed by atoms with Crippen LogP contribution in [0.2, 0.25) is 0 Å². The number of nitro benzene ring substituents is 1. The number of hydrogen-bond acceptors (Lipinski definition) is 4. The number of hydrogen-bond donors (Lipinski definition) is 0. The largest absolute Gasteiger partial charge is 0.454 e. The Morgan fingerprint density at radius 2 is 1.81 bits per heavy atom. The van der Waals surface area contributed by atoms with Crippen molar-refractivity contribution in [3.8, 4) is 0 Å². The third-order valence-corrected chi connectivity index (χ3v) is 3.26. The van der Waals surface area contributed by atoms with Crippen molar-refractivity contribution < 1.29 is 14.4 Å². The van der Waals surface area contributed by atoms with Gasteiger partial charge in [-0.1, -0.05) is 42.0 Å². The van der Waals surface area contributed by atoms with E-state index in [-0.39, 0.29) is 5.69 Å². The van der Waals surface area contributed by atoms with Gasteiger partial charge in [0.2, 0.25) is 0 Å². The van der Waals surface area contributed by atoms with Crippen LogP contribution in [0.4, 0.5) is 5.69 Å². The molecule has 5 heteroatoms. The van der Waals surface area contributed by atoms with Gasteiger partial charge in [-0.2, -0.15) is 0 Å². The van der Waals surface area contributed by atoms with Gasteiger partial charge in [0.25, 0.3) is 12.0 Å². The van der Waals surface area contributed by atoms with Crippen LogP contribution in [0, 0.1) is 17.0 Å². The number of aryl methyl sites for hydroxylation is 1. The monoisotopic (exact) mass is 283 g/mol. The highest BCUT2D eigenvalue weighted by atomic mass is 16.7. The van der Waals surface area contributed by atoms with Crippen LogP contribution in [-0.4, -0.2) is 4.92 Å². The molecule has 0 fully saturated rings. The third kappa shape index (κ3) is 2.58. The van der Waals surface area contributed by atoms with Crippen molar-refractivity contribution in [2.45, 2.75) is 13.2 Å². The number of rotatable bonds is 3. The Balaban J connectivity index is 1.83. The van der Waals surface area contributed by atoms with Crippen molar-refractivity contribution in [1.82, 2.24) is 0 Å². The Labute approximate surface area is 121 Å². The molecule has 3 rings (SSSR count). The molecular weight excluding hydrogens is 270 g/mol. The van der Waals surface area contributed by atoms with Crippen LogP contribution in [0.1, 0.15) is 23.0 Å². The number of ether oxygens (including phenoxy) is 2. The first-order valence-electron chi connectivity index (χ1n) is 6.48. The lowest BCUT2D eigenvalue weighted by Crippen LogP contribution is -2.03. The fraction of sp³-hybridized carbons (Fsp3) is 0.125. The highest BCUT2D eigenvalue weighted by Gasteiger charge is 2.28. The van der Waals surface area contributed by atoms with Crippen molar-refractivity contribution >= 4 is 11.4 Å². The maximum absolute atomic E-state index is 11.0. The highest BCUT2D eigenvalue weighted by Crippen LogP contribution is 2.37. The Morgan fingerprint density at radius 1 is 1.10 bits per heavy atom. The Bertz CT molecular complexity index is 706. The van der Waals surface area contributed by atoms with Crippen LogP contribution in [0.15, 0.2) is 54.8 Å². The second-order valence-electron chi connectivity index (χ2n) is 4.75. The van der Waals surface area contributed by atoms with Crippen LogP contribution < -0.4 is 0 Å². The second-order valence-corrected chi connectivity index (χ2v) is 4.75. The van der Waals surface area contributed by atoms with E-state index in [2.05, 4.69) is 0 Å². The highest BCUT2D eigenvalue weighted by molar-refractivity contribution is 5.60. The molecule has 1 unspecified atom stereocenters. The predicted octanol–water partition coefficient (Wildman–Crippen LogP) is 3.95. The summed E-state index contributed by atoms with van der Waals surface area (Å²) < 4.78 is 11.1. The van der Waals surface area contributed by atoms with E-state index in [9.17, 15) is 10.1 Å². The first-order valence-corrected chi connectivity index (χ1v) is 6.48. The van der Waals surface area contributed by atoms with Gasteiger partial charge in [0.15, 0.2) is 5.76 Å². The van der Waals surface area contributed by atoms with E-state index >= 15 is 0 Å². The molecule has 0 saturated heterocycles. The maximum Gasteiger partial charge on any atom is 0.280 e. The zero-order chi connectivity index (χ0) is 14.8. The minimum atomic E-state index is -0.789. The smallest absolute Gasteiger partial charge is 0.280 e. The summed E-state index contributed by atoms with van der Waals surface area (Å²) in [6, 6.07) is 14.2. The summed E-state index contributed by atoms with van der Waals surface area (Å²) in [6.07, 6.45) is 0.703. The minimum absolute atomic E-state index is 0.0129. The van der Waals surface area contributed by atoms with E-state index in [0.29, 0.717) is 11.3 Å². The molecule has 0 bridgehead atoms. The summed E-state index contributed by atoms with van der Waals surface area (Å²) in [5.74, 6) is 0.568. The quantitative estimate of drug-likeness (QED) is 0.632. The van der Waals surface area contributed by atoms with Gasteiger partial charge in [-0.3, -0.25) is 10.1 Å². The Morgan fingerprint density at radius 3 is 2.52 bits per heavy atom. The average Bonchev–Trinajstić information content (AvgIpc) is 2.97. The molecule has 2 aromatic rings. The fourth-order valence-corrected chi connectivity index (χ4v) is 2.14. The molecule has 1 aliphatic rings.